The average molecular weight is 206 g/mol. The zero-order valence-electron chi connectivity index (χ0n) is 8.89. The Morgan fingerprint density at radius 2 is 2.00 bits per heavy atom. The van der Waals surface area contributed by atoms with Crippen molar-refractivity contribution in [1.82, 2.24) is 5.32 Å². The molecule has 1 amide bonds. The van der Waals surface area contributed by atoms with Gasteiger partial charge in [-0.15, -0.1) is 0 Å². The van der Waals surface area contributed by atoms with Crippen LogP contribution in [-0.4, -0.2) is 26.1 Å². The van der Waals surface area contributed by atoms with Gasteiger partial charge < -0.3 is 15.4 Å². The molecule has 0 aromatic heterocycles. The topological polar surface area (TPSA) is 50.4 Å². The van der Waals surface area contributed by atoms with Gasteiger partial charge in [-0.1, -0.05) is 6.07 Å². The van der Waals surface area contributed by atoms with E-state index in [-0.39, 0.29) is 5.91 Å². The molecular formula is C11H14N2O2. The maximum absolute atomic E-state index is 11.8. The van der Waals surface area contributed by atoms with Gasteiger partial charge in [0.2, 0.25) is 0 Å². The third kappa shape index (κ3) is 1.63. The lowest BCUT2D eigenvalue weighted by atomic mass is 10.1. The second-order valence-electron chi connectivity index (χ2n) is 3.52. The van der Waals surface area contributed by atoms with E-state index in [1.165, 1.54) is 0 Å². The molecule has 0 bridgehead atoms. The van der Waals surface area contributed by atoms with Crippen LogP contribution >= 0.6 is 0 Å². The Labute approximate surface area is 88.6 Å². The summed E-state index contributed by atoms with van der Waals surface area (Å²) in [5.41, 5.74) is 2.44. The molecule has 0 radical (unpaired) electrons. The number of rotatable bonds is 1. The third-order valence-electron chi connectivity index (χ3n) is 2.53. The van der Waals surface area contributed by atoms with Gasteiger partial charge in [-0.25, -0.2) is 0 Å². The molecule has 1 aromatic carbocycles. The zero-order chi connectivity index (χ0) is 10.8. The van der Waals surface area contributed by atoms with Gasteiger partial charge in [0.1, 0.15) is 5.75 Å². The van der Waals surface area contributed by atoms with Crippen molar-refractivity contribution >= 4 is 11.6 Å². The molecule has 0 saturated carbocycles. The van der Waals surface area contributed by atoms with Gasteiger partial charge >= 0.3 is 0 Å². The van der Waals surface area contributed by atoms with Crippen LogP contribution in [0.5, 0.6) is 5.75 Å². The van der Waals surface area contributed by atoms with Crippen LogP contribution in [0.25, 0.3) is 0 Å². The normalized spacial score (nSPS) is 14.7. The summed E-state index contributed by atoms with van der Waals surface area (Å²) >= 11 is 0. The zero-order valence-corrected chi connectivity index (χ0v) is 8.89. The van der Waals surface area contributed by atoms with Gasteiger partial charge in [0, 0.05) is 13.1 Å². The van der Waals surface area contributed by atoms with Crippen molar-refractivity contribution in [3.05, 3.63) is 23.3 Å². The van der Waals surface area contributed by atoms with E-state index in [1.807, 2.05) is 19.1 Å². The molecule has 1 aliphatic rings. The number of fused-ring (bicyclic) bond motifs is 1. The number of ether oxygens (including phenoxy) is 1. The number of hydrogen-bond acceptors (Lipinski definition) is 3. The molecular weight excluding hydrogens is 192 g/mol. The SMILES string of the molecule is COc1ccc(C)c2c1NCCNC2=O. The maximum Gasteiger partial charge on any atom is 0.253 e. The predicted molar refractivity (Wildman–Crippen MR) is 58.6 cm³/mol. The molecule has 1 aromatic rings. The average Bonchev–Trinajstić information content (AvgIpc) is 2.42. The van der Waals surface area contributed by atoms with E-state index in [0.717, 1.165) is 17.8 Å². The Kier molecular flexibility index (Phi) is 2.49. The Morgan fingerprint density at radius 3 is 2.73 bits per heavy atom. The standard InChI is InChI=1S/C11H14N2O2/c1-7-3-4-8(15-2)10-9(7)11(14)13-6-5-12-10/h3-4,12H,5-6H2,1-2H3,(H,13,14). The van der Waals surface area contributed by atoms with E-state index in [4.69, 9.17) is 4.74 Å². The van der Waals surface area contributed by atoms with Crippen molar-refractivity contribution < 1.29 is 9.53 Å². The van der Waals surface area contributed by atoms with Gasteiger partial charge in [0.15, 0.2) is 0 Å². The second kappa shape index (κ2) is 3.81. The van der Waals surface area contributed by atoms with Crippen molar-refractivity contribution in [2.75, 3.05) is 25.5 Å². The minimum absolute atomic E-state index is 0.0357. The van der Waals surface area contributed by atoms with Crippen LogP contribution in [-0.2, 0) is 0 Å². The summed E-state index contributed by atoms with van der Waals surface area (Å²) in [6.45, 7) is 3.28. The summed E-state index contributed by atoms with van der Waals surface area (Å²) < 4.78 is 5.23. The highest BCUT2D eigenvalue weighted by Crippen LogP contribution is 2.31. The third-order valence-corrected chi connectivity index (χ3v) is 2.53. The van der Waals surface area contributed by atoms with Gasteiger partial charge in [-0.2, -0.15) is 0 Å². The quantitative estimate of drug-likeness (QED) is 0.725. The molecule has 1 heterocycles. The molecule has 4 heteroatoms. The number of carbonyl (C=O) groups is 1. The fourth-order valence-corrected chi connectivity index (χ4v) is 1.78. The number of amides is 1. The molecule has 2 N–H and O–H groups in total. The molecule has 15 heavy (non-hydrogen) atoms. The van der Waals surface area contributed by atoms with Crippen LogP contribution in [0.1, 0.15) is 15.9 Å². The maximum atomic E-state index is 11.8. The smallest absolute Gasteiger partial charge is 0.253 e. The highest BCUT2D eigenvalue weighted by atomic mass is 16.5. The fourth-order valence-electron chi connectivity index (χ4n) is 1.78. The van der Waals surface area contributed by atoms with Crippen molar-refractivity contribution in [2.45, 2.75) is 6.92 Å². The first-order valence-electron chi connectivity index (χ1n) is 4.93. The molecule has 0 aliphatic carbocycles. The number of methoxy groups -OCH3 is 1. The molecule has 1 aliphatic heterocycles. The lowest BCUT2D eigenvalue weighted by Crippen LogP contribution is -2.25. The van der Waals surface area contributed by atoms with E-state index in [0.29, 0.717) is 17.9 Å². The lowest BCUT2D eigenvalue weighted by molar-refractivity contribution is 0.0957. The first kappa shape index (κ1) is 9.83. The molecule has 0 fully saturated rings. The van der Waals surface area contributed by atoms with Crippen LogP contribution in [0.4, 0.5) is 5.69 Å². The van der Waals surface area contributed by atoms with Gasteiger partial charge in [0.25, 0.3) is 5.91 Å². The monoisotopic (exact) mass is 206 g/mol. The van der Waals surface area contributed by atoms with Crippen LogP contribution in [0.3, 0.4) is 0 Å². The van der Waals surface area contributed by atoms with E-state index in [9.17, 15) is 4.79 Å². The largest absolute Gasteiger partial charge is 0.495 e. The summed E-state index contributed by atoms with van der Waals surface area (Å²) in [4.78, 5) is 11.8. The summed E-state index contributed by atoms with van der Waals surface area (Å²) in [7, 11) is 1.61. The van der Waals surface area contributed by atoms with Crippen molar-refractivity contribution in [3.8, 4) is 5.75 Å². The number of anilines is 1. The van der Waals surface area contributed by atoms with Gasteiger partial charge in [0.05, 0.1) is 18.4 Å². The molecule has 80 valence electrons. The van der Waals surface area contributed by atoms with E-state index >= 15 is 0 Å². The van der Waals surface area contributed by atoms with Crippen LogP contribution in [0.15, 0.2) is 12.1 Å². The number of benzene rings is 1. The molecule has 2 rings (SSSR count). The Hall–Kier alpha value is -1.71. The summed E-state index contributed by atoms with van der Waals surface area (Å²) in [6.07, 6.45) is 0. The van der Waals surface area contributed by atoms with Crippen molar-refractivity contribution in [3.63, 3.8) is 0 Å². The van der Waals surface area contributed by atoms with Crippen molar-refractivity contribution in [1.29, 1.82) is 0 Å². The molecule has 0 atom stereocenters. The second-order valence-corrected chi connectivity index (χ2v) is 3.52. The molecule has 4 nitrogen and oxygen atoms in total. The minimum Gasteiger partial charge on any atom is -0.495 e. The number of carbonyl (C=O) groups excluding carboxylic acids is 1. The highest BCUT2D eigenvalue weighted by molar-refractivity contribution is 6.03. The Bertz CT molecular complexity index is 402. The lowest BCUT2D eigenvalue weighted by Gasteiger charge is -2.13. The van der Waals surface area contributed by atoms with E-state index in [2.05, 4.69) is 10.6 Å². The summed E-state index contributed by atoms with van der Waals surface area (Å²) in [5.74, 6) is 0.680. The predicted octanol–water partition coefficient (Wildman–Crippen LogP) is 1.16. The Morgan fingerprint density at radius 1 is 1.27 bits per heavy atom. The highest BCUT2D eigenvalue weighted by Gasteiger charge is 2.20. The summed E-state index contributed by atoms with van der Waals surface area (Å²) in [5, 5.41) is 6.04. The number of hydrogen-bond donors (Lipinski definition) is 2. The van der Waals surface area contributed by atoms with Crippen LogP contribution in [0, 0.1) is 6.92 Å². The molecule has 0 unspecified atom stereocenters. The van der Waals surface area contributed by atoms with Gasteiger partial charge in [-0.05, 0) is 18.6 Å². The fraction of sp³-hybridized carbons (Fsp3) is 0.364. The Balaban J connectivity index is 2.60. The number of aryl methyl sites for hydroxylation is 1. The van der Waals surface area contributed by atoms with E-state index < -0.39 is 0 Å². The van der Waals surface area contributed by atoms with Crippen LogP contribution < -0.4 is 15.4 Å². The molecule has 0 spiro atoms. The number of nitrogens with one attached hydrogen (secondary N) is 2. The first-order chi connectivity index (χ1) is 7.24. The summed E-state index contributed by atoms with van der Waals surface area (Å²) in [6, 6.07) is 3.77. The van der Waals surface area contributed by atoms with Gasteiger partial charge in [-0.3, -0.25) is 4.79 Å². The first-order valence-corrected chi connectivity index (χ1v) is 4.93. The van der Waals surface area contributed by atoms with Crippen molar-refractivity contribution in [2.24, 2.45) is 0 Å². The van der Waals surface area contributed by atoms with Crippen LogP contribution in [0.2, 0.25) is 0 Å². The minimum atomic E-state index is -0.0357. The molecule has 0 saturated heterocycles. The van der Waals surface area contributed by atoms with E-state index in [1.54, 1.807) is 7.11 Å².